The van der Waals surface area contributed by atoms with Crippen LogP contribution in [0.2, 0.25) is 0 Å². The second-order valence-electron chi connectivity index (χ2n) is 7.36. The van der Waals surface area contributed by atoms with E-state index in [2.05, 4.69) is 58.3 Å². The molecule has 0 radical (unpaired) electrons. The number of benzene rings is 2. The Balaban J connectivity index is 1.31. The molecule has 2 aliphatic heterocycles. The molecule has 3 heteroatoms. The maximum atomic E-state index is 6.00. The summed E-state index contributed by atoms with van der Waals surface area (Å²) in [6.07, 6.45) is 5.37. The smallest absolute Gasteiger partial charge is 0.127 e. The van der Waals surface area contributed by atoms with Crippen molar-refractivity contribution in [1.29, 1.82) is 0 Å². The summed E-state index contributed by atoms with van der Waals surface area (Å²) in [5.74, 6) is 1.83. The second kappa shape index (κ2) is 8.03. The molecule has 25 heavy (non-hydrogen) atoms. The van der Waals surface area contributed by atoms with Crippen molar-refractivity contribution >= 4 is 0 Å². The molecular weight excluding hydrogens is 308 g/mol. The first-order chi connectivity index (χ1) is 12.3. The fourth-order valence-electron chi connectivity index (χ4n) is 3.86. The number of hydrogen-bond donors (Lipinski definition) is 0. The molecule has 0 spiro atoms. The van der Waals surface area contributed by atoms with Crippen LogP contribution in [0.15, 0.2) is 48.5 Å². The van der Waals surface area contributed by atoms with Gasteiger partial charge in [0, 0.05) is 13.1 Å². The van der Waals surface area contributed by atoms with Gasteiger partial charge in [0.1, 0.15) is 11.5 Å². The maximum absolute atomic E-state index is 6.00. The molecule has 2 heterocycles. The van der Waals surface area contributed by atoms with Crippen LogP contribution >= 0.6 is 0 Å². The van der Waals surface area contributed by atoms with E-state index in [1.54, 1.807) is 0 Å². The van der Waals surface area contributed by atoms with Crippen LogP contribution in [0.4, 0.5) is 0 Å². The molecule has 2 fully saturated rings. The second-order valence-corrected chi connectivity index (χ2v) is 7.36. The topological polar surface area (TPSA) is 15.7 Å². The normalized spacial score (nSPS) is 18.7. The standard InChI is InChI=1S/C22H28N2O/c1-2-14-23(13-1)17-19-5-9-21(10-6-19)25-22-11-7-20(8-12-22)18-24-15-3-4-16-24/h5-12H,1-4,13-18H2. The van der Waals surface area contributed by atoms with Gasteiger partial charge in [-0.1, -0.05) is 24.3 Å². The Morgan fingerprint density at radius 2 is 0.920 bits per heavy atom. The van der Waals surface area contributed by atoms with E-state index in [0.29, 0.717) is 0 Å². The highest BCUT2D eigenvalue weighted by molar-refractivity contribution is 5.34. The predicted molar refractivity (Wildman–Crippen MR) is 102 cm³/mol. The van der Waals surface area contributed by atoms with Gasteiger partial charge in [0.05, 0.1) is 0 Å². The molecule has 0 bridgehead atoms. The van der Waals surface area contributed by atoms with Crippen LogP contribution < -0.4 is 4.74 Å². The minimum atomic E-state index is 0.914. The van der Waals surface area contributed by atoms with Gasteiger partial charge in [0.25, 0.3) is 0 Å². The molecule has 0 aliphatic carbocycles. The first kappa shape index (κ1) is 16.6. The van der Waals surface area contributed by atoms with Crippen LogP contribution in [-0.4, -0.2) is 36.0 Å². The highest BCUT2D eigenvalue weighted by atomic mass is 16.5. The van der Waals surface area contributed by atoms with Gasteiger partial charge in [-0.15, -0.1) is 0 Å². The van der Waals surface area contributed by atoms with Crippen LogP contribution in [0.5, 0.6) is 11.5 Å². The largest absolute Gasteiger partial charge is 0.457 e. The van der Waals surface area contributed by atoms with Gasteiger partial charge in [-0.05, 0) is 87.3 Å². The average molecular weight is 336 g/mol. The van der Waals surface area contributed by atoms with E-state index in [9.17, 15) is 0 Å². The molecule has 0 aromatic heterocycles. The number of rotatable bonds is 6. The third-order valence-corrected chi connectivity index (χ3v) is 5.29. The van der Waals surface area contributed by atoms with Crippen LogP contribution in [0.3, 0.4) is 0 Å². The Kier molecular flexibility index (Phi) is 5.34. The summed E-state index contributed by atoms with van der Waals surface area (Å²) < 4.78 is 6.00. The molecule has 3 nitrogen and oxygen atoms in total. The maximum Gasteiger partial charge on any atom is 0.127 e. The van der Waals surface area contributed by atoms with E-state index < -0.39 is 0 Å². The van der Waals surface area contributed by atoms with Crippen molar-refractivity contribution in [3.8, 4) is 11.5 Å². The monoisotopic (exact) mass is 336 g/mol. The lowest BCUT2D eigenvalue weighted by atomic mass is 10.2. The predicted octanol–water partition coefficient (Wildman–Crippen LogP) is 4.67. The van der Waals surface area contributed by atoms with Crippen molar-refractivity contribution in [1.82, 2.24) is 9.80 Å². The minimum Gasteiger partial charge on any atom is -0.457 e. The summed E-state index contributed by atoms with van der Waals surface area (Å²) in [7, 11) is 0. The van der Waals surface area contributed by atoms with Gasteiger partial charge in [0.15, 0.2) is 0 Å². The van der Waals surface area contributed by atoms with Gasteiger partial charge < -0.3 is 4.74 Å². The first-order valence-corrected chi connectivity index (χ1v) is 9.66. The van der Waals surface area contributed by atoms with Crippen molar-refractivity contribution in [3.63, 3.8) is 0 Å². The van der Waals surface area contributed by atoms with Crippen LogP contribution in [-0.2, 0) is 13.1 Å². The molecule has 2 saturated heterocycles. The first-order valence-electron chi connectivity index (χ1n) is 9.66. The summed E-state index contributed by atoms with van der Waals surface area (Å²) in [6.45, 7) is 7.07. The average Bonchev–Trinajstić information content (AvgIpc) is 3.33. The number of ether oxygens (including phenoxy) is 1. The van der Waals surface area contributed by atoms with Crippen molar-refractivity contribution in [3.05, 3.63) is 59.7 Å². The van der Waals surface area contributed by atoms with E-state index in [0.717, 1.165) is 24.6 Å². The molecule has 2 aliphatic rings. The van der Waals surface area contributed by atoms with Crippen molar-refractivity contribution in [2.75, 3.05) is 26.2 Å². The SMILES string of the molecule is c1cc(Oc2ccc(CN3CCCC3)cc2)ccc1CN1CCCC1. The Labute approximate surface area is 151 Å². The van der Waals surface area contributed by atoms with E-state index in [4.69, 9.17) is 4.74 Å². The van der Waals surface area contributed by atoms with E-state index in [-0.39, 0.29) is 0 Å². The van der Waals surface area contributed by atoms with Gasteiger partial charge in [-0.3, -0.25) is 9.80 Å². The summed E-state index contributed by atoms with van der Waals surface area (Å²) in [6, 6.07) is 17.1. The Bertz CT molecular complexity index is 594. The van der Waals surface area contributed by atoms with E-state index in [1.807, 2.05) is 0 Å². The highest BCUT2D eigenvalue weighted by Crippen LogP contribution is 2.24. The molecule has 0 unspecified atom stereocenters. The van der Waals surface area contributed by atoms with Crippen LogP contribution in [0.25, 0.3) is 0 Å². The fraction of sp³-hybridized carbons (Fsp3) is 0.455. The molecule has 2 aromatic rings. The molecule has 0 saturated carbocycles. The lowest BCUT2D eigenvalue weighted by molar-refractivity contribution is 0.331. The van der Waals surface area contributed by atoms with Crippen LogP contribution in [0.1, 0.15) is 36.8 Å². The van der Waals surface area contributed by atoms with Gasteiger partial charge in [0.2, 0.25) is 0 Å². The van der Waals surface area contributed by atoms with Gasteiger partial charge >= 0.3 is 0 Å². The van der Waals surface area contributed by atoms with Crippen LogP contribution in [0, 0.1) is 0 Å². The highest BCUT2D eigenvalue weighted by Gasteiger charge is 2.12. The Hall–Kier alpha value is -1.84. The zero-order valence-corrected chi connectivity index (χ0v) is 15.0. The Morgan fingerprint density at radius 3 is 1.28 bits per heavy atom. The zero-order valence-electron chi connectivity index (χ0n) is 15.0. The Morgan fingerprint density at radius 1 is 0.560 bits per heavy atom. The summed E-state index contributed by atoms with van der Waals surface area (Å²) in [5.41, 5.74) is 2.74. The van der Waals surface area contributed by atoms with E-state index >= 15 is 0 Å². The minimum absolute atomic E-state index is 0.914. The van der Waals surface area contributed by atoms with Crippen molar-refractivity contribution in [2.45, 2.75) is 38.8 Å². The third-order valence-electron chi connectivity index (χ3n) is 5.29. The lowest BCUT2D eigenvalue weighted by Gasteiger charge is -2.15. The summed E-state index contributed by atoms with van der Waals surface area (Å²) in [4.78, 5) is 5.05. The number of nitrogens with zero attached hydrogens (tertiary/aromatic N) is 2. The number of likely N-dealkylation sites (tertiary alicyclic amines) is 2. The van der Waals surface area contributed by atoms with E-state index in [1.165, 1.54) is 63.0 Å². The third kappa shape index (κ3) is 4.62. The fourth-order valence-corrected chi connectivity index (χ4v) is 3.86. The molecule has 0 N–H and O–H groups in total. The van der Waals surface area contributed by atoms with Gasteiger partial charge in [-0.2, -0.15) is 0 Å². The quantitative estimate of drug-likeness (QED) is 0.762. The molecule has 0 amide bonds. The molecular formula is C22H28N2O. The molecule has 132 valence electrons. The molecule has 2 aromatic carbocycles. The number of hydrogen-bond acceptors (Lipinski definition) is 3. The van der Waals surface area contributed by atoms with Crippen molar-refractivity contribution in [2.24, 2.45) is 0 Å². The molecule has 0 atom stereocenters. The van der Waals surface area contributed by atoms with Crippen molar-refractivity contribution < 1.29 is 4.74 Å². The summed E-state index contributed by atoms with van der Waals surface area (Å²) >= 11 is 0. The molecule has 4 rings (SSSR count). The zero-order chi connectivity index (χ0) is 16.9. The lowest BCUT2D eigenvalue weighted by Crippen LogP contribution is -2.18. The van der Waals surface area contributed by atoms with Gasteiger partial charge in [-0.25, -0.2) is 0 Å². The summed E-state index contributed by atoms with van der Waals surface area (Å²) in [5, 5.41) is 0.